The van der Waals surface area contributed by atoms with Crippen LogP contribution in [-0.4, -0.2) is 56.9 Å². The largest absolute Gasteiger partial charge is 0.496 e. The summed E-state index contributed by atoms with van der Waals surface area (Å²) in [6.45, 7) is 5.43. The molecule has 0 unspecified atom stereocenters. The Bertz CT molecular complexity index is 1300. The summed E-state index contributed by atoms with van der Waals surface area (Å²) in [6.07, 6.45) is 3.03. The van der Waals surface area contributed by atoms with E-state index in [9.17, 15) is 9.59 Å². The van der Waals surface area contributed by atoms with E-state index in [-0.39, 0.29) is 12.0 Å². The Morgan fingerprint density at radius 3 is 2.83 bits per heavy atom. The second-order valence-electron chi connectivity index (χ2n) is 9.17. The Morgan fingerprint density at radius 2 is 2.03 bits per heavy atom. The van der Waals surface area contributed by atoms with Crippen molar-refractivity contribution in [2.75, 3.05) is 25.6 Å². The number of benzene rings is 1. The standard InChI is InChI=1S/C26H30N6O4/c1-4-12-36-26(34)31-11-10-17-14-21(35-3)19(13-18(17)15-31)25(33)28-22-7-5-6-20(27-22)24-30-29-23-9-8-16(2)32(23)24/h5-7,13-14,16H,4,8-12,15H2,1-3H3,(H,27,28,33)/t16-/m0/s1. The van der Waals surface area contributed by atoms with E-state index in [1.54, 1.807) is 24.1 Å². The van der Waals surface area contributed by atoms with Crippen molar-refractivity contribution >= 4 is 17.8 Å². The lowest BCUT2D eigenvalue weighted by Crippen LogP contribution is -2.36. The van der Waals surface area contributed by atoms with Gasteiger partial charge in [-0.25, -0.2) is 9.78 Å². The molecule has 2 aromatic heterocycles. The number of anilines is 1. The number of hydrogen-bond donors (Lipinski definition) is 1. The summed E-state index contributed by atoms with van der Waals surface area (Å²) >= 11 is 0. The zero-order valence-electron chi connectivity index (χ0n) is 20.8. The predicted octanol–water partition coefficient (Wildman–Crippen LogP) is 4.01. The third kappa shape index (κ3) is 4.50. The molecule has 0 saturated heterocycles. The van der Waals surface area contributed by atoms with Crippen molar-refractivity contribution in [3.8, 4) is 17.3 Å². The highest BCUT2D eigenvalue weighted by Crippen LogP contribution is 2.31. The number of fused-ring (bicyclic) bond motifs is 2. The van der Waals surface area contributed by atoms with E-state index in [0.717, 1.165) is 36.2 Å². The fraction of sp³-hybridized carbons (Fsp3) is 0.423. The summed E-state index contributed by atoms with van der Waals surface area (Å²) in [6, 6.07) is 9.42. The van der Waals surface area contributed by atoms with E-state index in [4.69, 9.17) is 9.47 Å². The molecule has 2 aliphatic rings. The first-order valence-corrected chi connectivity index (χ1v) is 12.3. The first-order valence-electron chi connectivity index (χ1n) is 12.3. The number of pyridine rings is 1. The maximum Gasteiger partial charge on any atom is 0.410 e. The van der Waals surface area contributed by atoms with Crippen LogP contribution in [0.15, 0.2) is 30.3 Å². The molecule has 0 aliphatic carbocycles. The lowest BCUT2D eigenvalue weighted by atomic mass is 9.96. The number of aryl methyl sites for hydroxylation is 1. The number of ether oxygens (including phenoxy) is 2. The van der Waals surface area contributed by atoms with Crippen molar-refractivity contribution < 1.29 is 19.1 Å². The van der Waals surface area contributed by atoms with Gasteiger partial charge in [-0.2, -0.15) is 0 Å². The summed E-state index contributed by atoms with van der Waals surface area (Å²) in [7, 11) is 1.54. The second-order valence-corrected chi connectivity index (χ2v) is 9.17. The molecule has 5 rings (SSSR count). The van der Waals surface area contributed by atoms with Crippen LogP contribution >= 0.6 is 0 Å². The summed E-state index contributed by atoms with van der Waals surface area (Å²) in [5.74, 6) is 2.20. The van der Waals surface area contributed by atoms with Gasteiger partial charge in [0.05, 0.1) is 19.3 Å². The molecule has 0 saturated carbocycles. The van der Waals surface area contributed by atoms with Crippen molar-refractivity contribution in [3.63, 3.8) is 0 Å². The van der Waals surface area contributed by atoms with Crippen LogP contribution in [0.3, 0.4) is 0 Å². The number of aromatic nitrogens is 4. The highest BCUT2D eigenvalue weighted by atomic mass is 16.6. The molecular weight excluding hydrogens is 460 g/mol. The minimum absolute atomic E-state index is 0.309. The molecular formula is C26H30N6O4. The maximum atomic E-state index is 13.3. The number of nitrogens with zero attached hydrogens (tertiary/aromatic N) is 5. The highest BCUT2D eigenvalue weighted by Gasteiger charge is 2.27. The molecule has 10 heteroatoms. The topological polar surface area (TPSA) is 111 Å². The van der Waals surface area contributed by atoms with Gasteiger partial charge in [-0.3, -0.25) is 4.79 Å². The highest BCUT2D eigenvalue weighted by molar-refractivity contribution is 6.06. The predicted molar refractivity (Wildman–Crippen MR) is 133 cm³/mol. The molecule has 0 spiro atoms. The van der Waals surface area contributed by atoms with Crippen molar-refractivity contribution in [1.29, 1.82) is 0 Å². The van der Waals surface area contributed by atoms with Gasteiger partial charge in [0.15, 0.2) is 5.82 Å². The van der Waals surface area contributed by atoms with Crippen LogP contribution in [0.2, 0.25) is 0 Å². The number of amides is 2. The molecule has 1 atom stereocenters. The first kappa shape index (κ1) is 23.8. The van der Waals surface area contributed by atoms with E-state index >= 15 is 0 Å². The van der Waals surface area contributed by atoms with Crippen molar-refractivity contribution in [2.24, 2.45) is 0 Å². The monoisotopic (exact) mass is 490 g/mol. The van der Waals surface area contributed by atoms with Gasteiger partial charge in [0.2, 0.25) is 0 Å². The van der Waals surface area contributed by atoms with Crippen LogP contribution in [0.1, 0.15) is 60.0 Å². The fourth-order valence-corrected chi connectivity index (χ4v) is 4.78. The molecule has 0 fully saturated rings. The van der Waals surface area contributed by atoms with Crippen LogP contribution in [0.4, 0.5) is 10.6 Å². The van der Waals surface area contributed by atoms with Crippen molar-refractivity contribution in [1.82, 2.24) is 24.6 Å². The third-order valence-corrected chi connectivity index (χ3v) is 6.68. The summed E-state index contributed by atoms with van der Waals surface area (Å²) in [5.41, 5.74) is 2.98. The second kappa shape index (κ2) is 9.96. The Morgan fingerprint density at radius 1 is 1.17 bits per heavy atom. The van der Waals surface area contributed by atoms with Crippen LogP contribution in [0.5, 0.6) is 5.75 Å². The third-order valence-electron chi connectivity index (χ3n) is 6.68. The molecule has 10 nitrogen and oxygen atoms in total. The number of carbonyl (C=O) groups excluding carboxylic acids is 2. The number of methoxy groups -OCH3 is 1. The lowest BCUT2D eigenvalue weighted by molar-refractivity contribution is 0.0978. The fourth-order valence-electron chi connectivity index (χ4n) is 4.78. The number of carbonyl (C=O) groups is 2. The molecule has 188 valence electrons. The van der Waals surface area contributed by atoms with E-state index in [1.165, 1.54) is 0 Å². The quantitative estimate of drug-likeness (QED) is 0.556. The molecule has 0 radical (unpaired) electrons. The first-order chi connectivity index (χ1) is 17.5. The number of hydrogen-bond acceptors (Lipinski definition) is 7. The Labute approximate surface area is 209 Å². The molecule has 4 heterocycles. The molecule has 1 aromatic carbocycles. The number of rotatable bonds is 6. The van der Waals surface area contributed by atoms with Gasteiger partial charge in [0, 0.05) is 25.6 Å². The van der Waals surface area contributed by atoms with Gasteiger partial charge in [-0.15, -0.1) is 10.2 Å². The van der Waals surface area contributed by atoms with Gasteiger partial charge in [0.25, 0.3) is 5.91 Å². The summed E-state index contributed by atoms with van der Waals surface area (Å²) in [5, 5.41) is 11.5. The smallest absolute Gasteiger partial charge is 0.410 e. The zero-order valence-corrected chi connectivity index (χ0v) is 20.8. The van der Waals surface area contributed by atoms with Crippen LogP contribution < -0.4 is 10.1 Å². The van der Waals surface area contributed by atoms with Crippen LogP contribution in [0.25, 0.3) is 11.5 Å². The normalized spacial score (nSPS) is 16.3. The van der Waals surface area contributed by atoms with Gasteiger partial charge in [-0.1, -0.05) is 13.0 Å². The van der Waals surface area contributed by atoms with Gasteiger partial charge in [-0.05, 0) is 61.6 Å². The molecule has 2 amide bonds. The minimum atomic E-state index is -0.343. The lowest BCUT2D eigenvalue weighted by Gasteiger charge is -2.29. The Hall–Kier alpha value is -3.95. The van der Waals surface area contributed by atoms with E-state index in [1.807, 2.05) is 25.1 Å². The van der Waals surface area contributed by atoms with Crippen LogP contribution in [-0.2, 0) is 24.1 Å². The Kier molecular flexibility index (Phi) is 6.58. The molecule has 1 N–H and O–H groups in total. The average molecular weight is 491 g/mol. The SMILES string of the molecule is CCCOC(=O)N1CCc2cc(OC)c(C(=O)Nc3cccc(-c4nnc5n4[C@@H](C)CC5)n3)cc2C1. The van der Waals surface area contributed by atoms with E-state index < -0.39 is 0 Å². The van der Waals surface area contributed by atoms with Gasteiger partial charge >= 0.3 is 6.09 Å². The zero-order chi connectivity index (χ0) is 25.2. The molecule has 3 aromatic rings. The minimum Gasteiger partial charge on any atom is -0.496 e. The summed E-state index contributed by atoms with van der Waals surface area (Å²) in [4.78, 5) is 32.0. The number of nitrogens with one attached hydrogen (secondary N) is 1. The molecule has 36 heavy (non-hydrogen) atoms. The Balaban J connectivity index is 1.37. The van der Waals surface area contributed by atoms with Crippen molar-refractivity contribution in [3.05, 3.63) is 52.8 Å². The van der Waals surface area contributed by atoms with Gasteiger partial charge in [0.1, 0.15) is 23.1 Å². The maximum absolute atomic E-state index is 13.3. The average Bonchev–Trinajstić information content (AvgIpc) is 3.49. The van der Waals surface area contributed by atoms with Crippen LogP contribution in [0, 0.1) is 0 Å². The van der Waals surface area contributed by atoms with E-state index in [0.29, 0.717) is 60.8 Å². The van der Waals surface area contributed by atoms with Crippen molar-refractivity contribution in [2.45, 2.75) is 52.1 Å². The van der Waals surface area contributed by atoms with Gasteiger partial charge < -0.3 is 24.3 Å². The van der Waals surface area contributed by atoms with E-state index in [2.05, 4.69) is 32.0 Å². The summed E-state index contributed by atoms with van der Waals surface area (Å²) < 4.78 is 12.9. The molecule has 0 bridgehead atoms. The molecule has 2 aliphatic heterocycles.